The van der Waals surface area contributed by atoms with E-state index in [2.05, 4.69) is 75.5 Å². The number of hydrogen-bond donors (Lipinski definition) is 0. The Morgan fingerprint density at radius 1 is 0.328 bits per heavy atom. The molecule has 0 amide bonds. The number of ether oxygens (including phenoxy) is 3. The van der Waals surface area contributed by atoms with Crippen molar-refractivity contribution >= 4 is 17.9 Å². The Labute approximate surface area is 396 Å². The summed E-state index contributed by atoms with van der Waals surface area (Å²) in [5.74, 6) is -0.968. The van der Waals surface area contributed by atoms with Crippen LogP contribution in [0.25, 0.3) is 0 Å². The molecule has 1 atom stereocenters. The van der Waals surface area contributed by atoms with Crippen molar-refractivity contribution in [3.63, 3.8) is 0 Å². The van der Waals surface area contributed by atoms with E-state index >= 15 is 0 Å². The highest BCUT2D eigenvalue weighted by molar-refractivity contribution is 5.71. The predicted octanol–water partition coefficient (Wildman–Crippen LogP) is 18.0. The molecule has 0 saturated heterocycles. The molecule has 0 fully saturated rings. The minimum Gasteiger partial charge on any atom is -0.462 e. The monoisotopic (exact) mass is 895 g/mol. The summed E-state index contributed by atoms with van der Waals surface area (Å²) in [4.78, 5) is 38.0. The predicted molar refractivity (Wildman–Crippen MR) is 275 cm³/mol. The standard InChI is InChI=1S/C58H102O6/c1-4-7-10-13-16-19-22-25-28-31-33-36-39-42-45-48-51-57(60)63-54-55(64-58(61)52-49-46-43-40-37-34-30-27-24-21-18-15-12-9-6-3)53-62-56(59)50-47-44-41-38-35-32-29-26-23-20-17-14-11-8-5-2/h7,10,16,19,25,28,33,36,42,45,55H,4-6,8-9,11-15,17-18,20-24,26-27,29-32,34-35,37-41,43-44,46-54H2,1-3H3/b10-7-,19-16-,28-25-,36-33-,45-42-. The number of rotatable bonds is 49. The maximum atomic E-state index is 12.8. The zero-order valence-corrected chi connectivity index (χ0v) is 42.3. The fraction of sp³-hybridized carbons (Fsp3) is 0.776. The fourth-order valence-electron chi connectivity index (χ4n) is 7.73. The van der Waals surface area contributed by atoms with E-state index in [1.54, 1.807) is 0 Å². The SMILES string of the molecule is CC/C=C\C/C=C\C/C=C\C/C=C\C/C=C\CCC(=O)OCC(COC(=O)CCCCCCCCCCCCCCCCC)OC(=O)CCCCCCCCCCCCCCCCC. The van der Waals surface area contributed by atoms with Gasteiger partial charge in [-0.2, -0.15) is 0 Å². The summed E-state index contributed by atoms with van der Waals surface area (Å²) in [6.07, 6.45) is 65.0. The molecule has 0 radical (unpaired) electrons. The minimum absolute atomic E-state index is 0.0930. The van der Waals surface area contributed by atoms with Crippen LogP contribution in [0.4, 0.5) is 0 Å². The molecule has 0 aliphatic carbocycles. The van der Waals surface area contributed by atoms with E-state index in [0.717, 1.165) is 70.6 Å². The lowest BCUT2D eigenvalue weighted by Crippen LogP contribution is -2.30. The topological polar surface area (TPSA) is 78.9 Å². The van der Waals surface area contributed by atoms with Gasteiger partial charge in [0, 0.05) is 19.3 Å². The normalized spacial score (nSPS) is 12.5. The van der Waals surface area contributed by atoms with Crippen LogP contribution in [-0.2, 0) is 28.6 Å². The van der Waals surface area contributed by atoms with Gasteiger partial charge in [0.25, 0.3) is 0 Å². The van der Waals surface area contributed by atoms with Crippen LogP contribution in [0.3, 0.4) is 0 Å². The van der Waals surface area contributed by atoms with Crippen molar-refractivity contribution in [1.29, 1.82) is 0 Å². The van der Waals surface area contributed by atoms with Gasteiger partial charge in [-0.05, 0) is 51.4 Å². The fourth-order valence-corrected chi connectivity index (χ4v) is 7.73. The summed E-state index contributed by atoms with van der Waals surface area (Å²) in [5.41, 5.74) is 0. The molecule has 0 aromatic heterocycles. The molecule has 0 aliphatic rings. The molecule has 1 unspecified atom stereocenters. The third-order valence-electron chi connectivity index (χ3n) is 11.8. The summed E-state index contributed by atoms with van der Waals surface area (Å²) in [5, 5.41) is 0. The van der Waals surface area contributed by atoms with E-state index in [1.165, 1.54) is 154 Å². The van der Waals surface area contributed by atoms with E-state index in [0.29, 0.717) is 19.3 Å². The van der Waals surface area contributed by atoms with Crippen molar-refractivity contribution in [2.24, 2.45) is 0 Å². The van der Waals surface area contributed by atoms with Crippen molar-refractivity contribution in [3.05, 3.63) is 60.8 Å². The van der Waals surface area contributed by atoms with Gasteiger partial charge in [0.2, 0.25) is 0 Å². The van der Waals surface area contributed by atoms with Crippen LogP contribution in [0.2, 0.25) is 0 Å². The molecule has 6 nitrogen and oxygen atoms in total. The van der Waals surface area contributed by atoms with Crippen LogP contribution in [-0.4, -0.2) is 37.2 Å². The summed E-state index contributed by atoms with van der Waals surface area (Å²) in [6.45, 7) is 6.49. The van der Waals surface area contributed by atoms with Crippen LogP contribution >= 0.6 is 0 Å². The van der Waals surface area contributed by atoms with Crippen molar-refractivity contribution in [1.82, 2.24) is 0 Å². The average Bonchev–Trinajstić information content (AvgIpc) is 3.29. The van der Waals surface area contributed by atoms with Gasteiger partial charge >= 0.3 is 17.9 Å². The number of allylic oxidation sites excluding steroid dienone is 10. The molecule has 64 heavy (non-hydrogen) atoms. The highest BCUT2D eigenvalue weighted by Crippen LogP contribution is 2.16. The van der Waals surface area contributed by atoms with Gasteiger partial charge in [0.1, 0.15) is 13.2 Å². The van der Waals surface area contributed by atoms with Crippen LogP contribution in [0, 0.1) is 0 Å². The maximum absolute atomic E-state index is 12.8. The van der Waals surface area contributed by atoms with Gasteiger partial charge in [0.15, 0.2) is 6.10 Å². The number of carbonyl (C=O) groups excluding carboxylic acids is 3. The smallest absolute Gasteiger partial charge is 0.306 e. The van der Waals surface area contributed by atoms with Gasteiger partial charge in [-0.25, -0.2) is 0 Å². The van der Waals surface area contributed by atoms with E-state index in [-0.39, 0.29) is 37.5 Å². The van der Waals surface area contributed by atoms with Gasteiger partial charge in [0.05, 0.1) is 0 Å². The molecule has 0 heterocycles. The molecule has 0 spiro atoms. The Bertz CT molecular complexity index is 1170. The molecule has 0 rings (SSSR count). The van der Waals surface area contributed by atoms with Crippen LogP contribution in [0.1, 0.15) is 271 Å². The number of esters is 3. The molecule has 0 bridgehead atoms. The molecule has 370 valence electrons. The largest absolute Gasteiger partial charge is 0.462 e. The number of hydrogen-bond acceptors (Lipinski definition) is 6. The molecule has 6 heteroatoms. The summed E-state index contributed by atoms with van der Waals surface area (Å²) >= 11 is 0. The summed E-state index contributed by atoms with van der Waals surface area (Å²) in [7, 11) is 0. The van der Waals surface area contributed by atoms with E-state index in [9.17, 15) is 14.4 Å². The zero-order valence-electron chi connectivity index (χ0n) is 42.3. The van der Waals surface area contributed by atoms with Gasteiger partial charge in [-0.15, -0.1) is 0 Å². The molecule has 0 aromatic carbocycles. The van der Waals surface area contributed by atoms with Gasteiger partial charge in [-0.3, -0.25) is 14.4 Å². The molecule has 0 aliphatic heterocycles. The third-order valence-corrected chi connectivity index (χ3v) is 11.8. The van der Waals surface area contributed by atoms with Gasteiger partial charge < -0.3 is 14.2 Å². The number of unbranched alkanes of at least 4 members (excludes halogenated alkanes) is 28. The maximum Gasteiger partial charge on any atom is 0.306 e. The first kappa shape index (κ1) is 61.1. The Morgan fingerprint density at radius 3 is 0.953 bits per heavy atom. The first-order valence-corrected chi connectivity index (χ1v) is 27.3. The van der Waals surface area contributed by atoms with Gasteiger partial charge in [-0.1, -0.05) is 261 Å². The van der Waals surface area contributed by atoms with Crippen molar-refractivity contribution in [2.45, 2.75) is 277 Å². The number of carbonyl (C=O) groups is 3. The van der Waals surface area contributed by atoms with E-state index < -0.39 is 6.10 Å². The molecule has 0 N–H and O–H groups in total. The second kappa shape index (κ2) is 52.7. The molecule has 0 saturated carbocycles. The lowest BCUT2D eigenvalue weighted by Gasteiger charge is -2.18. The van der Waals surface area contributed by atoms with Crippen molar-refractivity contribution in [3.8, 4) is 0 Å². The quantitative estimate of drug-likeness (QED) is 0.0262. The van der Waals surface area contributed by atoms with Crippen molar-refractivity contribution in [2.75, 3.05) is 13.2 Å². The summed E-state index contributed by atoms with van der Waals surface area (Å²) in [6, 6.07) is 0. The highest BCUT2D eigenvalue weighted by Gasteiger charge is 2.19. The average molecular weight is 895 g/mol. The Morgan fingerprint density at radius 2 is 0.609 bits per heavy atom. The second-order valence-electron chi connectivity index (χ2n) is 18.1. The lowest BCUT2D eigenvalue weighted by molar-refractivity contribution is -0.166. The molecular formula is C58H102O6. The Balaban J connectivity index is 4.45. The van der Waals surface area contributed by atoms with Crippen LogP contribution in [0.15, 0.2) is 60.8 Å². The Kier molecular flexibility index (Phi) is 50.4. The second-order valence-corrected chi connectivity index (χ2v) is 18.1. The Hall–Kier alpha value is -2.89. The first-order chi connectivity index (χ1) is 31.5. The van der Waals surface area contributed by atoms with Crippen molar-refractivity contribution < 1.29 is 28.6 Å². The lowest BCUT2D eigenvalue weighted by atomic mass is 10.0. The van der Waals surface area contributed by atoms with E-state index in [1.807, 2.05) is 6.08 Å². The highest BCUT2D eigenvalue weighted by atomic mass is 16.6. The van der Waals surface area contributed by atoms with E-state index in [4.69, 9.17) is 14.2 Å². The molecular weight excluding hydrogens is 793 g/mol. The third kappa shape index (κ3) is 50.1. The summed E-state index contributed by atoms with van der Waals surface area (Å²) < 4.78 is 16.8. The van der Waals surface area contributed by atoms with Crippen LogP contribution < -0.4 is 0 Å². The minimum atomic E-state index is -0.800. The molecule has 0 aromatic rings. The first-order valence-electron chi connectivity index (χ1n) is 27.3. The zero-order chi connectivity index (χ0) is 46.5. The van der Waals surface area contributed by atoms with Crippen LogP contribution in [0.5, 0.6) is 0 Å².